The van der Waals surface area contributed by atoms with E-state index in [0.29, 0.717) is 0 Å². The van der Waals surface area contributed by atoms with E-state index in [-0.39, 0.29) is 0 Å². The lowest BCUT2D eigenvalue weighted by Crippen LogP contribution is -2.38. The molecule has 0 aliphatic heterocycles. The number of rotatable bonds is 7. The molecule has 22 heavy (non-hydrogen) atoms. The van der Waals surface area contributed by atoms with Crippen LogP contribution in [0.5, 0.6) is 0 Å². The van der Waals surface area contributed by atoms with Crippen molar-refractivity contribution < 1.29 is 0 Å². The lowest BCUT2D eigenvalue weighted by Gasteiger charge is -2.11. The van der Waals surface area contributed by atoms with Crippen molar-refractivity contribution >= 4 is 5.96 Å². The molecule has 0 spiro atoms. The Hall–Kier alpha value is -2.36. The van der Waals surface area contributed by atoms with Crippen molar-refractivity contribution in [2.24, 2.45) is 4.99 Å². The van der Waals surface area contributed by atoms with E-state index in [4.69, 9.17) is 0 Å². The highest BCUT2D eigenvalue weighted by atomic mass is 15.2. The number of hydrogen-bond donors (Lipinski definition) is 2. The molecule has 0 amide bonds. The zero-order valence-electron chi connectivity index (χ0n) is 13.1. The van der Waals surface area contributed by atoms with Crippen molar-refractivity contribution in [3.8, 4) is 0 Å². The lowest BCUT2D eigenvalue weighted by atomic mass is 10.1. The van der Waals surface area contributed by atoms with Gasteiger partial charge in [-0.25, -0.2) is 0 Å². The van der Waals surface area contributed by atoms with Gasteiger partial charge in [0, 0.05) is 37.9 Å². The Morgan fingerprint density at radius 3 is 2.55 bits per heavy atom. The molecule has 0 aliphatic rings. The minimum atomic E-state index is 0.734. The minimum absolute atomic E-state index is 0.734. The number of guanidine groups is 1. The second-order valence-corrected chi connectivity index (χ2v) is 4.99. The standard InChI is InChI=1S/C18H24N4/c1-2-19-18(21-14-11-16-8-4-3-5-9-16)22-15-12-17-10-6-7-13-20-17/h3-10,13H,2,11-12,14-15H2,1H3,(H2,19,21,22). The predicted molar refractivity (Wildman–Crippen MR) is 92.1 cm³/mol. The normalized spacial score (nSPS) is 11.2. The summed E-state index contributed by atoms with van der Waals surface area (Å²) in [6, 6.07) is 16.4. The second kappa shape index (κ2) is 9.55. The van der Waals surface area contributed by atoms with Gasteiger partial charge in [0.25, 0.3) is 0 Å². The summed E-state index contributed by atoms with van der Waals surface area (Å²) in [5, 5.41) is 6.65. The Morgan fingerprint density at radius 2 is 1.82 bits per heavy atom. The minimum Gasteiger partial charge on any atom is -0.357 e. The van der Waals surface area contributed by atoms with Gasteiger partial charge in [-0.2, -0.15) is 0 Å². The van der Waals surface area contributed by atoms with E-state index >= 15 is 0 Å². The third kappa shape index (κ3) is 5.95. The van der Waals surface area contributed by atoms with Crippen molar-refractivity contribution in [3.05, 3.63) is 66.0 Å². The first-order valence-corrected chi connectivity index (χ1v) is 7.84. The summed E-state index contributed by atoms with van der Waals surface area (Å²) in [5.41, 5.74) is 2.41. The van der Waals surface area contributed by atoms with Crippen LogP contribution in [0.1, 0.15) is 18.2 Å². The SMILES string of the molecule is CCNC(=NCCc1ccccn1)NCCc1ccccc1. The first-order chi connectivity index (χ1) is 10.9. The highest BCUT2D eigenvalue weighted by Gasteiger charge is 1.98. The molecule has 0 unspecified atom stereocenters. The fourth-order valence-corrected chi connectivity index (χ4v) is 2.14. The summed E-state index contributed by atoms with van der Waals surface area (Å²) in [4.78, 5) is 8.91. The fraction of sp³-hybridized carbons (Fsp3) is 0.333. The van der Waals surface area contributed by atoms with E-state index < -0.39 is 0 Å². The highest BCUT2D eigenvalue weighted by Crippen LogP contribution is 1.98. The molecule has 4 nitrogen and oxygen atoms in total. The molecule has 0 bridgehead atoms. The number of nitrogens with one attached hydrogen (secondary N) is 2. The molecule has 0 saturated carbocycles. The molecule has 2 aromatic rings. The summed E-state index contributed by atoms with van der Waals surface area (Å²) in [6.07, 6.45) is 3.67. The number of hydrogen-bond acceptors (Lipinski definition) is 2. The maximum Gasteiger partial charge on any atom is 0.191 e. The fourth-order valence-electron chi connectivity index (χ4n) is 2.14. The average molecular weight is 296 g/mol. The van der Waals surface area contributed by atoms with Gasteiger partial charge in [-0.05, 0) is 31.0 Å². The van der Waals surface area contributed by atoms with Crippen LogP contribution in [0.25, 0.3) is 0 Å². The topological polar surface area (TPSA) is 49.3 Å². The number of benzene rings is 1. The van der Waals surface area contributed by atoms with Gasteiger partial charge in [-0.3, -0.25) is 9.98 Å². The molecule has 1 aromatic carbocycles. The molecule has 2 rings (SSSR count). The molecule has 0 atom stereocenters. The summed E-state index contributed by atoms with van der Waals surface area (Å²) in [7, 11) is 0. The Balaban J connectivity index is 1.77. The van der Waals surface area contributed by atoms with E-state index in [9.17, 15) is 0 Å². The quantitative estimate of drug-likeness (QED) is 0.609. The largest absolute Gasteiger partial charge is 0.357 e. The average Bonchev–Trinajstić information content (AvgIpc) is 2.57. The summed E-state index contributed by atoms with van der Waals surface area (Å²) in [5.74, 6) is 0.870. The van der Waals surface area contributed by atoms with Crippen molar-refractivity contribution in [1.29, 1.82) is 0 Å². The Kier molecular flexibility index (Phi) is 6.96. The molecule has 116 valence electrons. The first kappa shape index (κ1) is 16.0. The molecule has 0 radical (unpaired) electrons. The number of aromatic nitrogens is 1. The van der Waals surface area contributed by atoms with Crippen LogP contribution in [-0.2, 0) is 12.8 Å². The number of pyridine rings is 1. The van der Waals surface area contributed by atoms with Crippen LogP contribution in [-0.4, -0.2) is 30.6 Å². The molecule has 0 aliphatic carbocycles. The summed E-state index contributed by atoms with van der Waals surface area (Å²) >= 11 is 0. The Morgan fingerprint density at radius 1 is 1.00 bits per heavy atom. The van der Waals surface area contributed by atoms with Crippen molar-refractivity contribution in [3.63, 3.8) is 0 Å². The Bertz CT molecular complexity index is 552. The van der Waals surface area contributed by atoms with Gasteiger partial charge < -0.3 is 10.6 Å². The van der Waals surface area contributed by atoms with E-state index in [1.165, 1.54) is 5.56 Å². The zero-order chi connectivity index (χ0) is 15.5. The van der Waals surface area contributed by atoms with E-state index in [2.05, 4.69) is 51.8 Å². The molecule has 0 saturated heterocycles. The van der Waals surface area contributed by atoms with Crippen LogP contribution in [0.3, 0.4) is 0 Å². The molecule has 4 heteroatoms. The van der Waals surface area contributed by atoms with Crippen molar-refractivity contribution in [1.82, 2.24) is 15.6 Å². The third-order valence-electron chi connectivity index (χ3n) is 3.26. The molecule has 2 N–H and O–H groups in total. The monoisotopic (exact) mass is 296 g/mol. The predicted octanol–water partition coefficient (Wildman–Crippen LogP) is 2.42. The van der Waals surface area contributed by atoms with E-state index in [1.807, 2.05) is 30.5 Å². The van der Waals surface area contributed by atoms with Crippen LogP contribution in [0, 0.1) is 0 Å². The van der Waals surface area contributed by atoms with Crippen LogP contribution in [0.2, 0.25) is 0 Å². The Labute approximate surface area is 132 Å². The van der Waals surface area contributed by atoms with Crippen LogP contribution < -0.4 is 10.6 Å². The lowest BCUT2D eigenvalue weighted by molar-refractivity contribution is 0.794. The second-order valence-electron chi connectivity index (χ2n) is 4.99. The van der Waals surface area contributed by atoms with Crippen LogP contribution >= 0.6 is 0 Å². The summed E-state index contributed by atoms with van der Waals surface area (Å²) < 4.78 is 0. The van der Waals surface area contributed by atoms with Crippen molar-refractivity contribution in [2.45, 2.75) is 19.8 Å². The molecular weight excluding hydrogens is 272 g/mol. The number of nitrogens with zero attached hydrogens (tertiary/aromatic N) is 2. The summed E-state index contributed by atoms with van der Waals surface area (Å²) in [6.45, 7) is 4.55. The third-order valence-corrected chi connectivity index (χ3v) is 3.26. The molecule has 1 heterocycles. The van der Waals surface area contributed by atoms with Crippen molar-refractivity contribution in [2.75, 3.05) is 19.6 Å². The van der Waals surface area contributed by atoms with Gasteiger partial charge in [0.05, 0.1) is 0 Å². The maximum absolute atomic E-state index is 4.59. The maximum atomic E-state index is 4.59. The van der Waals surface area contributed by atoms with Crippen LogP contribution in [0.15, 0.2) is 59.7 Å². The van der Waals surface area contributed by atoms with Gasteiger partial charge in [0.1, 0.15) is 0 Å². The number of aliphatic imine (C=N–C) groups is 1. The van der Waals surface area contributed by atoms with E-state index in [0.717, 1.165) is 44.1 Å². The van der Waals surface area contributed by atoms with Gasteiger partial charge in [0.15, 0.2) is 5.96 Å². The molecule has 1 aromatic heterocycles. The van der Waals surface area contributed by atoms with Gasteiger partial charge in [-0.1, -0.05) is 36.4 Å². The van der Waals surface area contributed by atoms with Gasteiger partial charge >= 0.3 is 0 Å². The zero-order valence-corrected chi connectivity index (χ0v) is 13.1. The van der Waals surface area contributed by atoms with Gasteiger partial charge in [-0.15, -0.1) is 0 Å². The van der Waals surface area contributed by atoms with E-state index in [1.54, 1.807) is 0 Å². The van der Waals surface area contributed by atoms with Crippen LogP contribution in [0.4, 0.5) is 0 Å². The molecular formula is C18H24N4. The smallest absolute Gasteiger partial charge is 0.191 e. The highest BCUT2D eigenvalue weighted by molar-refractivity contribution is 5.79. The first-order valence-electron chi connectivity index (χ1n) is 7.84. The molecule has 0 fully saturated rings. The van der Waals surface area contributed by atoms with Gasteiger partial charge in [0.2, 0.25) is 0 Å².